The zero-order chi connectivity index (χ0) is 16.8. The molecule has 1 aliphatic heterocycles. The SMILES string of the molecule is COC(=O)C[C@@H]1[C@@H](OC)O[C@@H]2C[C@]12S(=O)(=O)c1ccc(C)cc1. The third-order valence-corrected chi connectivity index (χ3v) is 7.45. The predicted molar refractivity (Wildman–Crippen MR) is 81.5 cm³/mol. The quantitative estimate of drug-likeness (QED) is 0.755. The molecule has 4 atom stereocenters. The second-order valence-electron chi connectivity index (χ2n) is 6.09. The Labute approximate surface area is 135 Å². The van der Waals surface area contributed by atoms with Crippen LogP contribution in [-0.2, 0) is 28.8 Å². The molecule has 0 amide bonds. The van der Waals surface area contributed by atoms with E-state index >= 15 is 0 Å². The van der Waals surface area contributed by atoms with E-state index in [2.05, 4.69) is 0 Å². The maximum Gasteiger partial charge on any atom is 0.306 e. The molecule has 0 radical (unpaired) electrons. The van der Waals surface area contributed by atoms with Crippen molar-refractivity contribution in [2.45, 2.75) is 41.8 Å². The summed E-state index contributed by atoms with van der Waals surface area (Å²) in [7, 11) is -0.906. The fraction of sp³-hybridized carbons (Fsp3) is 0.562. The monoisotopic (exact) mass is 340 g/mol. The Hall–Kier alpha value is -1.44. The molecular weight excluding hydrogens is 320 g/mol. The van der Waals surface area contributed by atoms with Crippen molar-refractivity contribution >= 4 is 15.8 Å². The number of benzene rings is 1. The molecule has 2 aliphatic rings. The molecule has 0 N–H and O–H groups in total. The Balaban J connectivity index is 1.99. The summed E-state index contributed by atoms with van der Waals surface area (Å²) in [6, 6.07) is 6.73. The first-order valence-electron chi connectivity index (χ1n) is 7.43. The van der Waals surface area contributed by atoms with Gasteiger partial charge in [-0.2, -0.15) is 0 Å². The minimum atomic E-state index is -3.64. The van der Waals surface area contributed by atoms with Crippen molar-refractivity contribution in [3.8, 4) is 0 Å². The molecule has 0 spiro atoms. The molecule has 1 aromatic rings. The van der Waals surface area contributed by atoms with Crippen molar-refractivity contribution in [2.24, 2.45) is 5.92 Å². The molecule has 0 aromatic heterocycles. The first-order valence-corrected chi connectivity index (χ1v) is 8.91. The summed E-state index contributed by atoms with van der Waals surface area (Å²) < 4.78 is 40.9. The number of esters is 1. The standard InChI is InChI=1S/C16H20O6S/c1-10-4-6-11(7-5-10)23(18,19)16-9-13(16)22-15(21-3)12(16)8-14(17)20-2/h4-7,12-13,15H,8-9H2,1-3H3/t12-,13-,15+,16+/m1/s1. The van der Waals surface area contributed by atoms with E-state index < -0.39 is 38.9 Å². The van der Waals surface area contributed by atoms with Gasteiger partial charge in [0.25, 0.3) is 0 Å². The van der Waals surface area contributed by atoms with E-state index in [0.717, 1.165) is 5.56 Å². The van der Waals surface area contributed by atoms with Gasteiger partial charge in [-0.05, 0) is 25.5 Å². The van der Waals surface area contributed by atoms with E-state index in [1.807, 2.05) is 6.92 Å². The Morgan fingerprint density at radius 2 is 1.96 bits per heavy atom. The molecule has 1 saturated carbocycles. The normalized spacial score (nSPS) is 32.4. The number of rotatable bonds is 5. The molecule has 2 fully saturated rings. The number of carbonyl (C=O) groups is 1. The molecule has 1 heterocycles. The van der Waals surface area contributed by atoms with Crippen LogP contribution in [0.1, 0.15) is 18.4 Å². The van der Waals surface area contributed by atoms with Crippen molar-refractivity contribution in [2.75, 3.05) is 14.2 Å². The zero-order valence-electron chi connectivity index (χ0n) is 13.3. The summed E-state index contributed by atoms with van der Waals surface area (Å²) >= 11 is 0. The van der Waals surface area contributed by atoms with Gasteiger partial charge < -0.3 is 14.2 Å². The summed E-state index contributed by atoms with van der Waals surface area (Å²) in [5.74, 6) is -1.04. The lowest BCUT2D eigenvalue weighted by atomic mass is 9.99. The smallest absolute Gasteiger partial charge is 0.306 e. The molecular formula is C16H20O6S. The molecule has 126 valence electrons. The lowest BCUT2D eigenvalue weighted by molar-refractivity contribution is -0.153. The summed E-state index contributed by atoms with van der Waals surface area (Å²) in [5.41, 5.74) is 0.984. The number of fused-ring (bicyclic) bond motifs is 1. The highest BCUT2D eigenvalue weighted by Gasteiger charge is 2.76. The zero-order valence-corrected chi connectivity index (χ0v) is 14.1. The van der Waals surface area contributed by atoms with Gasteiger partial charge in [0, 0.05) is 13.0 Å². The van der Waals surface area contributed by atoms with Gasteiger partial charge in [-0.3, -0.25) is 4.79 Å². The van der Waals surface area contributed by atoms with Crippen molar-refractivity contribution in [3.63, 3.8) is 0 Å². The fourth-order valence-corrected chi connectivity index (χ4v) is 5.74. The maximum absolute atomic E-state index is 13.2. The van der Waals surface area contributed by atoms with Crippen LogP contribution in [-0.4, -0.2) is 45.7 Å². The first-order chi connectivity index (χ1) is 10.9. The maximum atomic E-state index is 13.2. The summed E-state index contributed by atoms with van der Waals surface area (Å²) in [6.45, 7) is 1.90. The molecule has 7 heteroatoms. The topological polar surface area (TPSA) is 78.9 Å². The van der Waals surface area contributed by atoms with Gasteiger partial charge in [0.2, 0.25) is 0 Å². The van der Waals surface area contributed by atoms with Gasteiger partial charge >= 0.3 is 5.97 Å². The minimum Gasteiger partial charge on any atom is -0.469 e. The second-order valence-corrected chi connectivity index (χ2v) is 8.33. The highest BCUT2D eigenvalue weighted by atomic mass is 32.2. The highest BCUT2D eigenvalue weighted by molar-refractivity contribution is 7.93. The van der Waals surface area contributed by atoms with Gasteiger partial charge in [-0.15, -0.1) is 0 Å². The van der Waals surface area contributed by atoms with Crippen LogP contribution in [0.5, 0.6) is 0 Å². The summed E-state index contributed by atoms with van der Waals surface area (Å²) in [4.78, 5) is 12.0. The van der Waals surface area contributed by atoms with Crippen LogP contribution in [0.3, 0.4) is 0 Å². The molecule has 0 unspecified atom stereocenters. The van der Waals surface area contributed by atoms with Crippen LogP contribution in [0.25, 0.3) is 0 Å². The lowest BCUT2D eigenvalue weighted by Crippen LogP contribution is -2.38. The van der Waals surface area contributed by atoms with Gasteiger partial charge in [-0.1, -0.05) is 17.7 Å². The molecule has 1 saturated heterocycles. The van der Waals surface area contributed by atoms with Crippen molar-refractivity contribution in [3.05, 3.63) is 29.8 Å². The Kier molecular flexibility index (Phi) is 3.98. The number of sulfone groups is 1. The minimum absolute atomic E-state index is 0.0450. The number of hydrogen-bond acceptors (Lipinski definition) is 6. The van der Waals surface area contributed by atoms with Crippen LogP contribution in [0.15, 0.2) is 29.2 Å². The lowest BCUT2D eigenvalue weighted by Gasteiger charge is -2.25. The number of ether oxygens (including phenoxy) is 3. The van der Waals surface area contributed by atoms with Gasteiger partial charge in [0.15, 0.2) is 16.1 Å². The second kappa shape index (κ2) is 5.58. The molecule has 0 bridgehead atoms. The van der Waals surface area contributed by atoms with E-state index in [0.29, 0.717) is 6.42 Å². The number of carbonyl (C=O) groups excluding carboxylic acids is 1. The molecule has 1 aromatic carbocycles. The number of methoxy groups -OCH3 is 2. The van der Waals surface area contributed by atoms with Crippen LogP contribution < -0.4 is 0 Å². The third kappa shape index (κ3) is 2.38. The Morgan fingerprint density at radius 3 is 2.52 bits per heavy atom. The predicted octanol–water partition coefficient (Wildman–Crippen LogP) is 1.46. The van der Waals surface area contributed by atoms with Crippen LogP contribution >= 0.6 is 0 Å². The third-order valence-electron chi connectivity index (χ3n) is 4.82. The van der Waals surface area contributed by atoms with Gasteiger partial charge in [0.05, 0.1) is 24.5 Å². The Morgan fingerprint density at radius 1 is 1.30 bits per heavy atom. The Bertz CT molecular complexity index is 711. The van der Waals surface area contributed by atoms with Crippen molar-refractivity contribution in [1.29, 1.82) is 0 Å². The largest absolute Gasteiger partial charge is 0.469 e. The summed E-state index contributed by atoms with van der Waals surface area (Å²) in [6.07, 6.45) is -0.817. The highest BCUT2D eigenvalue weighted by Crippen LogP contribution is 2.61. The molecule has 3 rings (SSSR count). The van der Waals surface area contributed by atoms with Crippen molar-refractivity contribution < 1.29 is 27.4 Å². The molecule has 6 nitrogen and oxygen atoms in total. The number of aryl methyl sites for hydroxylation is 1. The fourth-order valence-electron chi connectivity index (χ4n) is 3.44. The van der Waals surface area contributed by atoms with E-state index in [9.17, 15) is 13.2 Å². The van der Waals surface area contributed by atoms with Crippen LogP contribution in [0.2, 0.25) is 0 Å². The van der Waals surface area contributed by atoms with Crippen molar-refractivity contribution in [1.82, 2.24) is 0 Å². The van der Waals surface area contributed by atoms with Gasteiger partial charge in [-0.25, -0.2) is 8.42 Å². The summed E-state index contributed by atoms with van der Waals surface area (Å²) in [5, 5.41) is 0. The van der Waals surface area contributed by atoms with E-state index in [-0.39, 0.29) is 11.3 Å². The van der Waals surface area contributed by atoms with Crippen LogP contribution in [0.4, 0.5) is 0 Å². The first kappa shape index (κ1) is 16.4. The van der Waals surface area contributed by atoms with Crippen LogP contribution in [0, 0.1) is 12.8 Å². The molecule has 1 aliphatic carbocycles. The average molecular weight is 340 g/mol. The van der Waals surface area contributed by atoms with E-state index in [1.54, 1.807) is 24.3 Å². The number of hydrogen-bond donors (Lipinski definition) is 0. The molecule has 23 heavy (non-hydrogen) atoms. The van der Waals surface area contributed by atoms with Gasteiger partial charge in [0.1, 0.15) is 4.75 Å². The average Bonchev–Trinajstić information content (AvgIpc) is 3.19. The van der Waals surface area contributed by atoms with E-state index in [4.69, 9.17) is 14.2 Å². The van der Waals surface area contributed by atoms with E-state index in [1.165, 1.54) is 14.2 Å².